The molecule has 2 aliphatic rings. The minimum absolute atomic E-state index is 0.709. The van der Waals surface area contributed by atoms with E-state index in [4.69, 9.17) is 0 Å². The minimum atomic E-state index is 0.709. The maximum atomic E-state index is 2.69. The molecular weight excluding hydrogens is 232 g/mol. The molecule has 0 aromatic heterocycles. The smallest absolute Gasteiger partial charge is 0.000439 e. The SMILES string of the molecule is CC(C)CN1CCC2(CC1)CCN(CC(C)C)CC2. The molecule has 0 saturated carbocycles. The Morgan fingerprint density at radius 3 is 1.26 bits per heavy atom. The van der Waals surface area contributed by atoms with E-state index in [-0.39, 0.29) is 0 Å². The molecule has 2 saturated heterocycles. The lowest BCUT2D eigenvalue weighted by Crippen LogP contribution is -2.47. The van der Waals surface area contributed by atoms with E-state index in [0.29, 0.717) is 5.41 Å². The summed E-state index contributed by atoms with van der Waals surface area (Å²) in [6.45, 7) is 17.4. The van der Waals surface area contributed by atoms with Crippen LogP contribution in [-0.4, -0.2) is 49.1 Å². The van der Waals surface area contributed by atoms with Crippen LogP contribution < -0.4 is 0 Å². The Labute approximate surface area is 120 Å². The summed E-state index contributed by atoms with van der Waals surface area (Å²) in [4.78, 5) is 5.38. The lowest BCUT2D eigenvalue weighted by Gasteiger charge is -2.47. The van der Waals surface area contributed by atoms with Crippen molar-refractivity contribution >= 4 is 0 Å². The summed E-state index contributed by atoms with van der Waals surface area (Å²) < 4.78 is 0. The first kappa shape index (κ1) is 15.3. The lowest BCUT2D eigenvalue weighted by molar-refractivity contribution is 0.0283. The van der Waals surface area contributed by atoms with Gasteiger partial charge in [-0.1, -0.05) is 27.7 Å². The topological polar surface area (TPSA) is 6.48 Å². The number of nitrogens with zero attached hydrogens (tertiary/aromatic N) is 2. The molecule has 0 bridgehead atoms. The van der Waals surface area contributed by atoms with Gasteiger partial charge in [-0.3, -0.25) is 0 Å². The van der Waals surface area contributed by atoms with Crippen LogP contribution in [0.2, 0.25) is 0 Å². The molecule has 0 unspecified atom stereocenters. The van der Waals surface area contributed by atoms with Crippen molar-refractivity contribution in [3.8, 4) is 0 Å². The molecule has 2 heteroatoms. The van der Waals surface area contributed by atoms with Crippen molar-refractivity contribution in [3.63, 3.8) is 0 Å². The van der Waals surface area contributed by atoms with Crippen LogP contribution in [0.1, 0.15) is 53.4 Å². The predicted octanol–water partition coefficient (Wildman–Crippen LogP) is 3.48. The van der Waals surface area contributed by atoms with Gasteiger partial charge in [0.05, 0.1) is 0 Å². The van der Waals surface area contributed by atoms with Crippen LogP contribution >= 0.6 is 0 Å². The highest BCUT2D eigenvalue weighted by atomic mass is 15.2. The van der Waals surface area contributed by atoms with Gasteiger partial charge in [-0.05, 0) is 69.1 Å². The Kier molecular flexibility index (Phi) is 5.30. The Hall–Kier alpha value is -0.0800. The Morgan fingerprint density at radius 1 is 0.684 bits per heavy atom. The maximum Gasteiger partial charge on any atom is 0.000439 e. The van der Waals surface area contributed by atoms with Crippen molar-refractivity contribution in [1.82, 2.24) is 9.80 Å². The van der Waals surface area contributed by atoms with Gasteiger partial charge in [-0.15, -0.1) is 0 Å². The highest BCUT2D eigenvalue weighted by Crippen LogP contribution is 2.41. The molecule has 0 atom stereocenters. The van der Waals surface area contributed by atoms with Crippen LogP contribution in [0.15, 0.2) is 0 Å². The van der Waals surface area contributed by atoms with Gasteiger partial charge in [0.15, 0.2) is 0 Å². The van der Waals surface area contributed by atoms with E-state index >= 15 is 0 Å². The molecule has 2 fully saturated rings. The fraction of sp³-hybridized carbons (Fsp3) is 1.00. The summed E-state index contributed by atoms with van der Waals surface area (Å²) in [5.41, 5.74) is 0.709. The van der Waals surface area contributed by atoms with Gasteiger partial charge < -0.3 is 9.80 Å². The lowest BCUT2D eigenvalue weighted by atomic mass is 9.71. The molecule has 0 amide bonds. The summed E-state index contributed by atoms with van der Waals surface area (Å²) in [7, 11) is 0. The number of hydrogen-bond donors (Lipinski definition) is 0. The van der Waals surface area contributed by atoms with Crippen LogP contribution in [0.4, 0.5) is 0 Å². The first-order chi connectivity index (χ1) is 8.99. The quantitative estimate of drug-likeness (QED) is 0.769. The third-order valence-corrected chi connectivity index (χ3v) is 5.08. The van der Waals surface area contributed by atoms with Gasteiger partial charge in [-0.25, -0.2) is 0 Å². The van der Waals surface area contributed by atoms with Gasteiger partial charge >= 0.3 is 0 Å². The van der Waals surface area contributed by atoms with Crippen molar-refractivity contribution in [2.75, 3.05) is 39.3 Å². The van der Waals surface area contributed by atoms with E-state index in [1.807, 2.05) is 0 Å². The highest BCUT2D eigenvalue weighted by molar-refractivity contribution is 4.90. The monoisotopic (exact) mass is 266 g/mol. The second-order valence-electron chi connectivity index (χ2n) is 7.89. The third-order valence-electron chi connectivity index (χ3n) is 5.08. The molecule has 19 heavy (non-hydrogen) atoms. The fourth-order valence-corrected chi connectivity index (χ4v) is 3.95. The van der Waals surface area contributed by atoms with Crippen LogP contribution in [0.3, 0.4) is 0 Å². The van der Waals surface area contributed by atoms with Crippen molar-refractivity contribution in [1.29, 1.82) is 0 Å². The van der Waals surface area contributed by atoms with Gasteiger partial charge in [0.2, 0.25) is 0 Å². The highest BCUT2D eigenvalue weighted by Gasteiger charge is 2.37. The van der Waals surface area contributed by atoms with E-state index < -0.39 is 0 Å². The fourth-order valence-electron chi connectivity index (χ4n) is 3.95. The molecule has 2 heterocycles. The molecule has 2 nitrogen and oxygen atoms in total. The Balaban J connectivity index is 1.75. The predicted molar refractivity (Wildman–Crippen MR) is 83.5 cm³/mol. The maximum absolute atomic E-state index is 2.69. The summed E-state index contributed by atoms with van der Waals surface area (Å²) >= 11 is 0. The van der Waals surface area contributed by atoms with Crippen molar-refractivity contribution in [3.05, 3.63) is 0 Å². The van der Waals surface area contributed by atoms with E-state index in [1.54, 1.807) is 0 Å². The van der Waals surface area contributed by atoms with Crippen LogP contribution in [0.25, 0.3) is 0 Å². The summed E-state index contributed by atoms with van der Waals surface area (Å²) in [5.74, 6) is 1.64. The largest absolute Gasteiger partial charge is 0.303 e. The molecule has 112 valence electrons. The normalized spacial score (nSPS) is 25.6. The van der Waals surface area contributed by atoms with E-state index in [0.717, 1.165) is 11.8 Å². The average molecular weight is 266 g/mol. The van der Waals surface area contributed by atoms with Crippen LogP contribution in [0, 0.1) is 17.3 Å². The molecule has 0 aromatic carbocycles. The van der Waals surface area contributed by atoms with Crippen LogP contribution in [0.5, 0.6) is 0 Å². The van der Waals surface area contributed by atoms with Crippen LogP contribution in [-0.2, 0) is 0 Å². The molecule has 0 aromatic rings. The average Bonchev–Trinajstić information content (AvgIpc) is 2.34. The zero-order valence-electron chi connectivity index (χ0n) is 13.6. The van der Waals surface area contributed by atoms with Crippen molar-refractivity contribution in [2.24, 2.45) is 17.3 Å². The molecular formula is C17H34N2. The molecule has 1 spiro atoms. The van der Waals surface area contributed by atoms with Crippen molar-refractivity contribution < 1.29 is 0 Å². The van der Waals surface area contributed by atoms with Gasteiger partial charge in [0.25, 0.3) is 0 Å². The molecule has 2 rings (SSSR count). The molecule has 0 radical (unpaired) electrons. The molecule has 0 N–H and O–H groups in total. The Morgan fingerprint density at radius 2 is 1.00 bits per heavy atom. The summed E-state index contributed by atoms with van der Waals surface area (Å²) in [6, 6.07) is 0. The zero-order valence-corrected chi connectivity index (χ0v) is 13.6. The molecule has 0 aliphatic carbocycles. The molecule has 2 aliphatic heterocycles. The number of rotatable bonds is 4. The second-order valence-corrected chi connectivity index (χ2v) is 7.89. The zero-order chi connectivity index (χ0) is 13.9. The summed E-state index contributed by atoms with van der Waals surface area (Å²) in [6.07, 6.45) is 5.81. The summed E-state index contributed by atoms with van der Waals surface area (Å²) in [5, 5.41) is 0. The first-order valence-electron chi connectivity index (χ1n) is 8.44. The van der Waals surface area contributed by atoms with Gasteiger partial charge in [-0.2, -0.15) is 0 Å². The third kappa shape index (κ3) is 4.46. The van der Waals surface area contributed by atoms with Gasteiger partial charge in [0, 0.05) is 13.1 Å². The van der Waals surface area contributed by atoms with E-state index in [1.165, 1.54) is 65.0 Å². The van der Waals surface area contributed by atoms with E-state index in [2.05, 4.69) is 37.5 Å². The van der Waals surface area contributed by atoms with E-state index in [9.17, 15) is 0 Å². The second kappa shape index (κ2) is 6.58. The number of likely N-dealkylation sites (tertiary alicyclic amines) is 2. The van der Waals surface area contributed by atoms with Crippen molar-refractivity contribution in [2.45, 2.75) is 53.4 Å². The van der Waals surface area contributed by atoms with Gasteiger partial charge in [0.1, 0.15) is 0 Å². The minimum Gasteiger partial charge on any atom is -0.303 e. The number of piperidine rings is 2. The number of hydrogen-bond acceptors (Lipinski definition) is 2. The Bertz CT molecular complexity index is 225. The standard InChI is InChI=1S/C17H34N2/c1-15(2)13-18-9-5-17(6-10-18)7-11-19(12-8-17)14-16(3)4/h15-16H,5-14H2,1-4H3. The first-order valence-corrected chi connectivity index (χ1v) is 8.44.